The van der Waals surface area contributed by atoms with Crippen LogP contribution in [-0.2, 0) is 15.6 Å². The molecule has 1 saturated heterocycles. The van der Waals surface area contributed by atoms with Crippen LogP contribution in [0.15, 0.2) is 103 Å². The van der Waals surface area contributed by atoms with Crippen molar-refractivity contribution in [1.29, 1.82) is 0 Å². The fourth-order valence-corrected chi connectivity index (χ4v) is 12.0. The van der Waals surface area contributed by atoms with E-state index in [9.17, 15) is 5.11 Å². The molecule has 4 atom stereocenters. The summed E-state index contributed by atoms with van der Waals surface area (Å²) in [6.45, 7) is 6.70. The highest BCUT2D eigenvalue weighted by Gasteiger charge is 2.53. The first kappa shape index (κ1) is 28.9. The molecule has 7 nitrogen and oxygen atoms in total. The Kier molecular flexibility index (Phi) is 7.62. The average Bonchev–Trinajstić information content (AvgIpc) is 3.77. The van der Waals surface area contributed by atoms with Gasteiger partial charge in [-0.1, -0.05) is 106 Å². The lowest BCUT2D eigenvalue weighted by Crippen LogP contribution is -2.68. The predicted octanol–water partition coefficient (Wildman–Crippen LogP) is 5.60. The zero-order valence-electron chi connectivity index (χ0n) is 25.6. The summed E-state index contributed by atoms with van der Waals surface area (Å²) in [5.41, 5.74) is 4.58. The third-order valence-corrected chi connectivity index (χ3v) is 14.4. The fraction of sp³-hybridized carbons (Fsp3) is 0.333. The molecular weight excluding hydrogens is 565 g/mol. The first-order chi connectivity index (χ1) is 21.4. The van der Waals surface area contributed by atoms with Gasteiger partial charge in [-0.2, -0.15) is 5.10 Å². The van der Waals surface area contributed by atoms with Crippen LogP contribution in [0.4, 0.5) is 5.82 Å². The second-order valence-electron chi connectivity index (χ2n) is 13.0. The molecule has 1 fully saturated rings. The molecule has 0 saturated carbocycles. The number of hydrogen-bond donors (Lipinski definition) is 2. The molecule has 44 heavy (non-hydrogen) atoms. The minimum atomic E-state index is -2.83. The number of aryl methyl sites for hydroxylation is 1. The van der Waals surface area contributed by atoms with Gasteiger partial charge in [0.05, 0.1) is 24.4 Å². The molecule has 5 aromatic rings. The van der Waals surface area contributed by atoms with Gasteiger partial charge in [0.2, 0.25) is 0 Å². The molecular formula is C36H40N4O3Si. The molecule has 1 aliphatic carbocycles. The van der Waals surface area contributed by atoms with Crippen molar-refractivity contribution in [3.05, 3.63) is 120 Å². The summed E-state index contributed by atoms with van der Waals surface area (Å²) in [6.07, 6.45) is 3.28. The Labute approximate surface area is 260 Å². The van der Waals surface area contributed by atoms with Crippen LogP contribution in [0.25, 0.3) is 5.52 Å². The summed E-state index contributed by atoms with van der Waals surface area (Å²) in [5.74, 6) is 0.810. The molecule has 1 aliphatic heterocycles. The van der Waals surface area contributed by atoms with E-state index in [1.54, 1.807) is 6.33 Å². The third kappa shape index (κ3) is 4.96. The number of aliphatic hydroxyl groups is 1. The van der Waals surface area contributed by atoms with E-state index < -0.39 is 14.4 Å². The number of hydrogen-bond acceptors (Lipinski definition) is 6. The Morgan fingerprint density at radius 3 is 2.30 bits per heavy atom. The minimum absolute atomic E-state index is 0.119. The highest BCUT2D eigenvalue weighted by atomic mass is 28.4. The molecule has 2 N–H and O–H groups in total. The molecule has 3 aromatic carbocycles. The van der Waals surface area contributed by atoms with Crippen LogP contribution >= 0.6 is 0 Å². The number of fused-ring (bicyclic) bond motifs is 2. The van der Waals surface area contributed by atoms with Gasteiger partial charge in [-0.25, -0.2) is 9.50 Å². The Balaban J connectivity index is 1.21. The standard InChI is InChI=1S/C36H40N4O3Si/c1-36(2,3)44(26-13-6-4-7-14-26,27-15-8-5-9-16-27)43-33-22-32(42-34(33)23-41)30-20-21-31-35(37-24-38-40(30)31)39-29-19-18-25-12-10-11-17-28(25)29/h4-17,20-21,24,29,32-34,41H,18-19,22-23H2,1-3H3,(H,37,38,39)/t29-,32+,33-,34+/m0/s1. The SMILES string of the molecule is CC(C)(C)[Si](O[C@H]1C[C@H](c2ccc3c(N[C@H]4CCc5ccccc54)ncnn23)O[C@@H]1CO)(c1ccccc1)c1ccccc1. The summed E-state index contributed by atoms with van der Waals surface area (Å²) in [7, 11) is -2.83. The van der Waals surface area contributed by atoms with Crippen molar-refractivity contribution in [2.24, 2.45) is 0 Å². The largest absolute Gasteiger partial charge is 0.402 e. The average molecular weight is 605 g/mol. The molecule has 0 spiro atoms. The summed E-state index contributed by atoms with van der Waals surface area (Å²) in [6, 6.07) is 34.2. The molecule has 2 aromatic heterocycles. The molecule has 3 heterocycles. The van der Waals surface area contributed by atoms with E-state index in [2.05, 4.69) is 133 Å². The van der Waals surface area contributed by atoms with Gasteiger partial charge in [0.1, 0.15) is 24.1 Å². The topological polar surface area (TPSA) is 80.9 Å². The zero-order chi connectivity index (χ0) is 30.3. The van der Waals surface area contributed by atoms with Gasteiger partial charge in [0.15, 0.2) is 5.82 Å². The lowest BCUT2D eigenvalue weighted by atomic mass is 10.1. The van der Waals surface area contributed by atoms with Crippen molar-refractivity contribution >= 4 is 30.0 Å². The van der Waals surface area contributed by atoms with Gasteiger partial charge in [-0.3, -0.25) is 0 Å². The third-order valence-electron chi connectivity index (χ3n) is 9.38. The van der Waals surface area contributed by atoms with Crippen LogP contribution in [0, 0.1) is 0 Å². The second kappa shape index (κ2) is 11.6. The van der Waals surface area contributed by atoms with E-state index in [0.717, 1.165) is 29.9 Å². The maximum Gasteiger partial charge on any atom is 0.261 e. The molecule has 2 aliphatic rings. The predicted molar refractivity (Wildman–Crippen MR) is 176 cm³/mol. The molecule has 8 heteroatoms. The van der Waals surface area contributed by atoms with Crippen molar-refractivity contribution < 1.29 is 14.3 Å². The lowest BCUT2D eigenvalue weighted by molar-refractivity contribution is -0.0203. The van der Waals surface area contributed by atoms with E-state index in [1.807, 2.05) is 4.52 Å². The van der Waals surface area contributed by atoms with Crippen molar-refractivity contribution in [2.45, 2.75) is 69.4 Å². The molecule has 226 valence electrons. The maximum absolute atomic E-state index is 10.6. The van der Waals surface area contributed by atoms with Gasteiger partial charge < -0.3 is 19.6 Å². The number of rotatable bonds is 8. The highest BCUT2D eigenvalue weighted by Crippen LogP contribution is 2.43. The smallest absolute Gasteiger partial charge is 0.261 e. The van der Waals surface area contributed by atoms with Gasteiger partial charge in [-0.15, -0.1) is 0 Å². The molecule has 0 radical (unpaired) electrons. The van der Waals surface area contributed by atoms with Crippen LogP contribution in [0.1, 0.15) is 62.6 Å². The molecule has 0 bridgehead atoms. The van der Waals surface area contributed by atoms with E-state index in [1.165, 1.54) is 21.5 Å². The number of ether oxygens (including phenoxy) is 1. The zero-order valence-corrected chi connectivity index (χ0v) is 26.6. The summed E-state index contributed by atoms with van der Waals surface area (Å²) >= 11 is 0. The fourth-order valence-electron chi connectivity index (χ4n) is 7.29. The minimum Gasteiger partial charge on any atom is -0.402 e. The van der Waals surface area contributed by atoms with Gasteiger partial charge in [-0.05, 0) is 51.5 Å². The molecule has 0 amide bonds. The van der Waals surface area contributed by atoms with E-state index in [4.69, 9.17) is 9.16 Å². The molecule has 7 rings (SSSR count). The van der Waals surface area contributed by atoms with Crippen LogP contribution in [-0.4, -0.2) is 46.8 Å². The van der Waals surface area contributed by atoms with Crippen LogP contribution in [0.2, 0.25) is 5.04 Å². The van der Waals surface area contributed by atoms with Crippen molar-refractivity contribution in [3.8, 4) is 0 Å². The van der Waals surface area contributed by atoms with E-state index in [-0.39, 0.29) is 29.9 Å². The lowest BCUT2D eigenvalue weighted by Gasteiger charge is -2.45. The van der Waals surface area contributed by atoms with Crippen LogP contribution in [0.3, 0.4) is 0 Å². The number of nitrogens with zero attached hydrogens (tertiary/aromatic N) is 3. The first-order valence-corrected chi connectivity index (χ1v) is 17.5. The monoisotopic (exact) mass is 604 g/mol. The van der Waals surface area contributed by atoms with E-state index >= 15 is 0 Å². The normalized spacial score (nSPS) is 21.9. The number of aliphatic hydroxyl groups excluding tert-OH is 1. The van der Waals surface area contributed by atoms with Crippen LogP contribution < -0.4 is 15.7 Å². The van der Waals surface area contributed by atoms with Gasteiger partial charge in [0, 0.05) is 6.42 Å². The Bertz CT molecular complexity index is 1700. The molecule has 0 unspecified atom stereocenters. The van der Waals surface area contributed by atoms with E-state index in [0.29, 0.717) is 6.42 Å². The Morgan fingerprint density at radius 2 is 1.61 bits per heavy atom. The van der Waals surface area contributed by atoms with Gasteiger partial charge >= 0.3 is 0 Å². The number of aromatic nitrogens is 3. The summed E-state index contributed by atoms with van der Waals surface area (Å²) < 4.78 is 15.9. The second-order valence-corrected chi connectivity index (χ2v) is 17.3. The summed E-state index contributed by atoms with van der Waals surface area (Å²) in [4.78, 5) is 4.63. The number of anilines is 1. The van der Waals surface area contributed by atoms with Crippen molar-refractivity contribution in [2.75, 3.05) is 11.9 Å². The van der Waals surface area contributed by atoms with Gasteiger partial charge in [0.25, 0.3) is 8.32 Å². The Hall–Kier alpha value is -3.82. The van der Waals surface area contributed by atoms with Crippen molar-refractivity contribution in [3.63, 3.8) is 0 Å². The number of benzene rings is 3. The maximum atomic E-state index is 10.6. The first-order valence-electron chi connectivity index (χ1n) is 15.6. The quantitative estimate of drug-likeness (QED) is 0.225. The highest BCUT2D eigenvalue weighted by molar-refractivity contribution is 6.99. The summed E-state index contributed by atoms with van der Waals surface area (Å²) in [5, 5.41) is 21.1. The van der Waals surface area contributed by atoms with Crippen molar-refractivity contribution in [1.82, 2.24) is 14.6 Å². The Morgan fingerprint density at radius 1 is 0.932 bits per heavy atom. The number of nitrogens with one attached hydrogen (secondary N) is 1. The van der Waals surface area contributed by atoms with Crippen LogP contribution in [0.5, 0.6) is 0 Å².